The maximum Gasteiger partial charge on any atom is 0.231 e. The summed E-state index contributed by atoms with van der Waals surface area (Å²) in [5.41, 5.74) is 5.94. The summed E-state index contributed by atoms with van der Waals surface area (Å²) in [6.45, 7) is 2.26. The highest BCUT2D eigenvalue weighted by atomic mass is 16.7. The third-order valence-electron chi connectivity index (χ3n) is 2.50. The summed E-state index contributed by atoms with van der Waals surface area (Å²) in [7, 11) is 0. The summed E-state index contributed by atoms with van der Waals surface area (Å²) in [5.74, 6) is 1.59. The molecule has 2 heterocycles. The van der Waals surface area contributed by atoms with Crippen LogP contribution < -0.4 is 14.9 Å². The zero-order valence-corrected chi connectivity index (χ0v) is 8.28. The Morgan fingerprint density at radius 2 is 2.07 bits per heavy atom. The van der Waals surface area contributed by atoms with Crippen LogP contribution in [-0.4, -0.2) is 12.5 Å². The van der Waals surface area contributed by atoms with Crippen molar-refractivity contribution in [2.75, 3.05) is 6.79 Å². The average Bonchev–Trinajstić information content (AvgIpc) is 2.62. The van der Waals surface area contributed by atoms with Gasteiger partial charge in [-0.3, -0.25) is 5.43 Å². The minimum atomic E-state index is 0.302. The third kappa shape index (κ3) is 1.26. The van der Waals surface area contributed by atoms with Gasteiger partial charge in [0.2, 0.25) is 6.79 Å². The van der Waals surface area contributed by atoms with E-state index in [-0.39, 0.29) is 0 Å². The monoisotopic (exact) mass is 202 g/mol. The number of benzene rings is 1. The maximum atomic E-state index is 5.33. The lowest BCUT2D eigenvalue weighted by molar-refractivity contribution is 0.174. The summed E-state index contributed by atoms with van der Waals surface area (Å²) in [6, 6.07) is 3.94. The minimum absolute atomic E-state index is 0.302. The highest BCUT2D eigenvalue weighted by Crippen LogP contribution is 2.35. The molecule has 0 fully saturated rings. The Bertz CT molecular complexity index is 478. The molecule has 0 amide bonds. The Balaban J connectivity index is 2.22. The van der Waals surface area contributed by atoms with Crippen LogP contribution in [0.25, 0.3) is 6.08 Å². The van der Waals surface area contributed by atoms with Crippen LogP contribution in [0, 0.1) is 0 Å². The fraction of sp³-hybridized carbons (Fsp3) is 0.182. The van der Waals surface area contributed by atoms with E-state index in [1.54, 1.807) is 6.20 Å². The molecule has 1 aromatic carbocycles. The molecule has 0 atom stereocenters. The first-order chi connectivity index (χ1) is 7.34. The van der Waals surface area contributed by atoms with Gasteiger partial charge in [-0.1, -0.05) is 0 Å². The summed E-state index contributed by atoms with van der Waals surface area (Å²) >= 11 is 0. The second kappa shape index (κ2) is 3.02. The van der Waals surface area contributed by atoms with Crippen molar-refractivity contribution in [1.82, 2.24) is 5.43 Å². The fourth-order valence-corrected chi connectivity index (χ4v) is 1.73. The molecular weight excluding hydrogens is 192 g/mol. The highest BCUT2D eigenvalue weighted by molar-refractivity contribution is 6.02. The Kier molecular flexibility index (Phi) is 1.68. The second-order valence-corrected chi connectivity index (χ2v) is 3.45. The Morgan fingerprint density at radius 1 is 1.27 bits per heavy atom. The number of hydrogen-bond acceptors (Lipinski definition) is 4. The van der Waals surface area contributed by atoms with E-state index in [0.717, 1.165) is 28.3 Å². The molecule has 4 heteroatoms. The van der Waals surface area contributed by atoms with Crippen LogP contribution in [0.4, 0.5) is 0 Å². The van der Waals surface area contributed by atoms with E-state index < -0.39 is 0 Å². The quantitative estimate of drug-likeness (QED) is 0.696. The summed E-state index contributed by atoms with van der Waals surface area (Å²) in [5, 5.41) is 4.17. The molecule has 4 nitrogen and oxygen atoms in total. The molecule has 15 heavy (non-hydrogen) atoms. The van der Waals surface area contributed by atoms with Crippen molar-refractivity contribution in [3.05, 3.63) is 29.5 Å². The normalized spacial score (nSPS) is 16.5. The number of rotatable bonds is 0. The predicted octanol–water partition coefficient (Wildman–Crippen LogP) is 1.71. The molecule has 0 bridgehead atoms. The molecule has 0 saturated carbocycles. The van der Waals surface area contributed by atoms with Crippen LogP contribution in [0.5, 0.6) is 11.5 Å². The van der Waals surface area contributed by atoms with Crippen LogP contribution in [0.3, 0.4) is 0 Å². The molecule has 2 aliphatic heterocycles. The van der Waals surface area contributed by atoms with E-state index in [0.29, 0.717) is 6.79 Å². The van der Waals surface area contributed by atoms with Gasteiger partial charge in [0.05, 0.1) is 5.71 Å². The summed E-state index contributed by atoms with van der Waals surface area (Å²) < 4.78 is 10.7. The van der Waals surface area contributed by atoms with Crippen molar-refractivity contribution in [2.24, 2.45) is 5.10 Å². The van der Waals surface area contributed by atoms with E-state index in [2.05, 4.69) is 10.5 Å². The summed E-state index contributed by atoms with van der Waals surface area (Å²) in [4.78, 5) is 0. The lowest BCUT2D eigenvalue weighted by atomic mass is 10.0. The van der Waals surface area contributed by atoms with Gasteiger partial charge in [0.15, 0.2) is 11.5 Å². The van der Waals surface area contributed by atoms with Crippen LogP contribution in [0.1, 0.15) is 18.1 Å². The first kappa shape index (κ1) is 8.35. The molecule has 1 aromatic rings. The first-order valence-corrected chi connectivity index (χ1v) is 4.75. The molecule has 1 N–H and O–H groups in total. The predicted molar refractivity (Wildman–Crippen MR) is 56.9 cm³/mol. The molecule has 0 spiro atoms. The van der Waals surface area contributed by atoms with E-state index in [9.17, 15) is 0 Å². The SMILES string of the molecule is CC1=NNC=Cc2cc3c(cc21)OCO3. The van der Waals surface area contributed by atoms with Crippen LogP contribution in [0.15, 0.2) is 23.4 Å². The lowest BCUT2D eigenvalue weighted by Gasteiger charge is -2.05. The molecule has 3 rings (SSSR count). The van der Waals surface area contributed by atoms with Crippen LogP contribution in [-0.2, 0) is 0 Å². The van der Waals surface area contributed by atoms with Crippen molar-refractivity contribution < 1.29 is 9.47 Å². The lowest BCUT2D eigenvalue weighted by Crippen LogP contribution is -2.01. The molecule has 0 radical (unpaired) electrons. The number of nitrogens with zero attached hydrogens (tertiary/aromatic N) is 1. The van der Waals surface area contributed by atoms with E-state index in [1.165, 1.54) is 0 Å². The van der Waals surface area contributed by atoms with E-state index in [1.807, 2.05) is 25.1 Å². The molecule has 0 unspecified atom stereocenters. The first-order valence-electron chi connectivity index (χ1n) is 4.75. The van der Waals surface area contributed by atoms with Gasteiger partial charge in [0, 0.05) is 11.8 Å². The molecular formula is C11H10N2O2. The van der Waals surface area contributed by atoms with E-state index >= 15 is 0 Å². The standard InChI is InChI=1S/C11H10N2O2/c1-7-9-5-11-10(14-6-15-11)4-8(9)2-3-12-13-7/h2-5,12H,6H2,1H3. The van der Waals surface area contributed by atoms with Gasteiger partial charge >= 0.3 is 0 Å². The van der Waals surface area contributed by atoms with Gasteiger partial charge in [-0.2, -0.15) is 5.10 Å². The van der Waals surface area contributed by atoms with Crippen LogP contribution >= 0.6 is 0 Å². The molecule has 76 valence electrons. The van der Waals surface area contributed by atoms with Gasteiger partial charge in [-0.05, 0) is 30.7 Å². The molecule has 2 aliphatic rings. The van der Waals surface area contributed by atoms with Gasteiger partial charge < -0.3 is 9.47 Å². The van der Waals surface area contributed by atoms with Crippen molar-refractivity contribution >= 4 is 11.8 Å². The average molecular weight is 202 g/mol. The van der Waals surface area contributed by atoms with Gasteiger partial charge in [-0.15, -0.1) is 0 Å². The van der Waals surface area contributed by atoms with E-state index in [4.69, 9.17) is 9.47 Å². The zero-order chi connectivity index (χ0) is 10.3. The highest BCUT2D eigenvalue weighted by Gasteiger charge is 2.17. The zero-order valence-electron chi connectivity index (χ0n) is 8.28. The number of hydrogen-bond donors (Lipinski definition) is 1. The van der Waals surface area contributed by atoms with Crippen molar-refractivity contribution in [3.8, 4) is 11.5 Å². The maximum absolute atomic E-state index is 5.33. The number of fused-ring (bicyclic) bond motifs is 2. The van der Waals surface area contributed by atoms with Gasteiger partial charge in [0.1, 0.15) is 0 Å². The molecule has 0 saturated heterocycles. The van der Waals surface area contributed by atoms with Gasteiger partial charge in [0.25, 0.3) is 0 Å². The molecule has 0 aliphatic carbocycles. The largest absolute Gasteiger partial charge is 0.454 e. The van der Waals surface area contributed by atoms with Gasteiger partial charge in [-0.25, -0.2) is 0 Å². The third-order valence-corrected chi connectivity index (χ3v) is 2.50. The topological polar surface area (TPSA) is 42.9 Å². The van der Waals surface area contributed by atoms with Crippen molar-refractivity contribution in [3.63, 3.8) is 0 Å². The van der Waals surface area contributed by atoms with Crippen LogP contribution in [0.2, 0.25) is 0 Å². The smallest absolute Gasteiger partial charge is 0.231 e. The Hall–Kier alpha value is -1.97. The number of nitrogens with one attached hydrogen (secondary N) is 1. The molecule has 0 aromatic heterocycles. The van der Waals surface area contributed by atoms with Crippen molar-refractivity contribution in [1.29, 1.82) is 0 Å². The summed E-state index contributed by atoms with van der Waals surface area (Å²) in [6.07, 6.45) is 3.77. The number of hydrazone groups is 1. The Labute approximate surface area is 87.2 Å². The second-order valence-electron chi connectivity index (χ2n) is 3.45. The number of ether oxygens (including phenoxy) is 2. The minimum Gasteiger partial charge on any atom is -0.454 e. The Morgan fingerprint density at radius 3 is 2.93 bits per heavy atom. The fourth-order valence-electron chi connectivity index (χ4n) is 1.73. The van der Waals surface area contributed by atoms with Crippen molar-refractivity contribution in [2.45, 2.75) is 6.92 Å².